The van der Waals surface area contributed by atoms with Gasteiger partial charge in [0.2, 0.25) is 0 Å². The predicted molar refractivity (Wildman–Crippen MR) is 71.0 cm³/mol. The highest BCUT2D eigenvalue weighted by atomic mass is 16.5. The van der Waals surface area contributed by atoms with Crippen molar-refractivity contribution >= 4 is 5.69 Å². The van der Waals surface area contributed by atoms with Crippen molar-refractivity contribution in [2.75, 3.05) is 12.4 Å². The van der Waals surface area contributed by atoms with Gasteiger partial charge in [0.15, 0.2) is 0 Å². The molecule has 2 aromatic rings. The first-order valence-electron chi connectivity index (χ1n) is 6.25. The Morgan fingerprint density at radius 1 is 1.28 bits per heavy atom. The third-order valence-electron chi connectivity index (χ3n) is 3.44. The number of anilines is 1. The van der Waals surface area contributed by atoms with Crippen molar-refractivity contribution in [2.24, 2.45) is 0 Å². The molecule has 0 saturated heterocycles. The van der Waals surface area contributed by atoms with E-state index < -0.39 is 0 Å². The molecule has 1 fully saturated rings. The first-order valence-corrected chi connectivity index (χ1v) is 6.25. The fraction of sp³-hybridized carbons (Fsp3) is 0.357. The second-order valence-electron chi connectivity index (χ2n) is 4.64. The molecule has 1 aromatic heterocycles. The Bertz CT molecular complexity index is 504. The van der Waals surface area contributed by atoms with Crippen molar-refractivity contribution in [3.63, 3.8) is 0 Å². The number of methoxy groups -OCH3 is 1. The van der Waals surface area contributed by atoms with Gasteiger partial charge >= 0.3 is 0 Å². The Morgan fingerprint density at radius 2 is 2.11 bits per heavy atom. The van der Waals surface area contributed by atoms with Crippen molar-refractivity contribution in [1.82, 2.24) is 9.78 Å². The average molecular weight is 243 g/mol. The Labute approximate surface area is 107 Å². The summed E-state index contributed by atoms with van der Waals surface area (Å²) in [4.78, 5) is 0. The molecule has 0 aliphatic heterocycles. The van der Waals surface area contributed by atoms with E-state index in [1.54, 1.807) is 13.3 Å². The molecule has 1 N–H and O–H groups in total. The molecular weight excluding hydrogens is 226 g/mol. The van der Waals surface area contributed by atoms with Gasteiger partial charge < -0.3 is 10.1 Å². The molecular formula is C14H17N3O. The minimum Gasteiger partial charge on any atom is -0.381 e. The van der Waals surface area contributed by atoms with Crippen LogP contribution in [0.2, 0.25) is 0 Å². The van der Waals surface area contributed by atoms with Crippen molar-refractivity contribution in [3.8, 4) is 5.69 Å². The first-order chi connectivity index (χ1) is 8.86. The summed E-state index contributed by atoms with van der Waals surface area (Å²) in [5.74, 6) is 0. The highest BCUT2D eigenvalue weighted by Gasteiger charge is 2.29. The number of para-hydroxylation sites is 2. The summed E-state index contributed by atoms with van der Waals surface area (Å²) in [5.41, 5.74) is 2.21. The number of nitrogens with one attached hydrogen (secondary N) is 1. The predicted octanol–water partition coefficient (Wildman–Crippen LogP) is 2.46. The van der Waals surface area contributed by atoms with Gasteiger partial charge in [0, 0.05) is 25.5 Å². The van der Waals surface area contributed by atoms with Crippen LogP contribution in [-0.4, -0.2) is 29.0 Å². The number of hydrogen-bond acceptors (Lipinski definition) is 3. The van der Waals surface area contributed by atoms with Crippen LogP contribution in [0.1, 0.15) is 12.8 Å². The van der Waals surface area contributed by atoms with E-state index in [0.29, 0.717) is 12.1 Å². The van der Waals surface area contributed by atoms with Crippen LogP contribution in [0, 0.1) is 0 Å². The molecule has 18 heavy (non-hydrogen) atoms. The Hall–Kier alpha value is -1.81. The lowest BCUT2D eigenvalue weighted by atomic mass is 9.89. The number of nitrogens with zero attached hydrogens (tertiary/aromatic N) is 2. The summed E-state index contributed by atoms with van der Waals surface area (Å²) < 4.78 is 7.18. The summed E-state index contributed by atoms with van der Waals surface area (Å²) in [6.07, 6.45) is 6.31. The summed E-state index contributed by atoms with van der Waals surface area (Å²) in [7, 11) is 1.78. The molecule has 0 atom stereocenters. The van der Waals surface area contributed by atoms with Crippen molar-refractivity contribution in [3.05, 3.63) is 42.7 Å². The molecule has 1 aliphatic carbocycles. The summed E-state index contributed by atoms with van der Waals surface area (Å²) in [5, 5.41) is 7.84. The number of ether oxygens (including phenoxy) is 1. The quantitative estimate of drug-likeness (QED) is 0.896. The first kappa shape index (κ1) is 11.3. The Morgan fingerprint density at radius 3 is 2.83 bits per heavy atom. The standard InChI is InChI=1S/C14H17N3O/c1-18-12-9-11(10-12)16-13-5-2-3-6-14(13)17-8-4-7-15-17/h2-8,11-12,16H,9-10H2,1H3. The maximum Gasteiger partial charge on any atom is 0.0876 e. The normalized spacial score (nSPS) is 22.5. The fourth-order valence-electron chi connectivity index (χ4n) is 2.30. The molecule has 1 aromatic carbocycles. The maximum atomic E-state index is 5.30. The second kappa shape index (κ2) is 4.82. The maximum absolute atomic E-state index is 5.30. The smallest absolute Gasteiger partial charge is 0.0876 e. The Kier molecular flexibility index (Phi) is 3.02. The van der Waals surface area contributed by atoms with E-state index in [2.05, 4.69) is 22.5 Å². The van der Waals surface area contributed by atoms with Gasteiger partial charge in [-0.3, -0.25) is 0 Å². The van der Waals surface area contributed by atoms with Crippen molar-refractivity contribution in [1.29, 1.82) is 0 Å². The van der Waals surface area contributed by atoms with Gasteiger partial charge in [-0.2, -0.15) is 5.10 Å². The van der Waals surface area contributed by atoms with Crippen LogP contribution < -0.4 is 5.32 Å². The minimum absolute atomic E-state index is 0.416. The van der Waals surface area contributed by atoms with Gasteiger partial charge in [0.1, 0.15) is 0 Å². The van der Waals surface area contributed by atoms with Crippen LogP contribution in [-0.2, 0) is 4.74 Å². The van der Waals surface area contributed by atoms with Crippen molar-refractivity contribution < 1.29 is 4.74 Å². The van der Waals surface area contributed by atoms with E-state index in [-0.39, 0.29) is 0 Å². The molecule has 3 rings (SSSR count). The molecule has 0 bridgehead atoms. The molecule has 0 amide bonds. The average Bonchev–Trinajstić information content (AvgIpc) is 2.87. The van der Waals surface area contributed by atoms with Crippen molar-refractivity contribution in [2.45, 2.75) is 25.0 Å². The zero-order chi connectivity index (χ0) is 12.4. The zero-order valence-electron chi connectivity index (χ0n) is 10.4. The van der Waals surface area contributed by atoms with Crippen LogP contribution in [0.5, 0.6) is 0 Å². The van der Waals surface area contributed by atoms with Gasteiger partial charge in [-0.05, 0) is 31.0 Å². The summed E-state index contributed by atoms with van der Waals surface area (Å²) >= 11 is 0. The lowest BCUT2D eigenvalue weighted by Gasteiger charge is -2.35. The van der Waals surface area contributed by atoms with Gasteiger partial charge in [0.25, 0.3) is 0 Å². The SMILES string of the molecule is COC1CC(Nc2ccccc2-n2cccn2)C1. The summed E-state index contributed by atoms with van der Waals surface area (Å²) in [6.45, 7) is 0. The molecule has 0 unspecified atom stereocenters. The number of rotatable bonds is 4. The molecule has 0 radical (unpaired) electrons. The highest BCUT2D eigenvalue weighted by molar-refractivity contribution is 5.61. The number of benzene rings is 1. The molecule has 4 heteroatoms. The number of hydrogen-bond donors (Lipinski definition) is 1. The Balaban J connectivity index is 1.76. The topological polar surface area (TPSA) is 39.1 Å². The lowest BCUT2D eigenvalue weighted by molar-refractivity contribution is 0.0329. The molecule has 94 valence electrons. The molecule has 1 saturated carbocycles. The van der Waals surface area contributed by atoms with E-state index in [1.807, 2.05) is 29.1 Å². The van der Waals surface area contributed by atoms with Gasteiger partial charge in [0.05, 0.1) is 17.5 Å². The largest absolute Gasteiger partial charge is 0.381 e. The van der Waals surface area contributed by atoms with Gasteiger partial charge in [-0.15, -0.1) is 0 Å². The van der Waals surface area contributed by atoms with Gasteiger partial charge in [-0.25, -0.2) is 4.68 Å². The van der Waals surface area contributed by atoms with Crippen LogP contribution in [0.15, 0.2) is 42.7 Å². The number of aromatic nitrogens is 2. The second-order valence-corrected chi connectivity index (χ2v) is 4.64. The summed E-state index contributed by atoms with van der Waals surface area (Å²) in [6, 6.07) is 10.7. The zero-order valence-corrected chi connectivity index (χ0v) is 10.4. The fourth-order valence-corrected chi connectivity index (χ4v) is 2.30. The van der Waals surface area contributed by atoms with E-state index >= 15 is 0 Å². The highest BCUT2D eigenvalue weighted by Crippen LogP contribution is 2.28. The van der Waals surface area contributed by atoms with E-state index in [4.69, 9.17) is 4.74 Å². The third-order valence-corrected chi connectivity index (χ3v) is 3.44. The molecule has 1 heterocycles. The van der Waals surface area contributed by atoms with Gasteiger partial charge in [-0.1, -0.05) is 12.1 Å². The van der Waals surface area contributed by atoms with Crippen LogP contribution >= 0.6 is 0 Å². The van der Waals surface area contributed by atoms with E-state index in [1.165, 1.54) is 0 Å². The van der Waals surface area contributed by atoms with E-state index in [0.717, 1.165) is 24.2 Å². The lowest BCUT2D eigenvalue weighted by Crippen LogP contribution is -2.40. The van der Waals surface area contributed by atoms with Crippen LogP contribution in [0.4, 0.5) is 5.69 Å². The third kappa shape index (κ3) is 2.11. The molecule has 1 aliphatic rings. The van der Waals surface area contributed by atoms with Crippen LogP contribution in [0.3, 0.4) is 0 Å². The minimum atomic E-state index is 0.416. The molecule has 4 nitrogen and oxygen atoms in total. The monoisotopic (exact) mass is 243 g/mol. The molecule has 0 spiro atoms. The van der Waals surface area contributed by atoms with E-state index in [9.17, 15) is 0 Å². The van der Waals surface area contributed by atoms with Crippen LogP contribution in [0.25, 0.3) is 5.69 Å².